The Morgan fingerprint density at radius 1 is 1.26 bits per heavy atom. The number of hydrogen-bond donors (Lipinski definition) is 1. The number of H-pyrrole nitrogens is 1. The normalized spacial score (nSPS) is 19.4. The molecule has 31 heavy (non-hydrogen) atoms. The van der Waals surface area contributed by atoms with Gasteiger partial charge in [-0.25, -0.2) is 9.97 Å². The van der Waals surface area contributed by atoms with Crippen LogP contribution >= 0.6 is 0 Å². The zero-order valence-corrected chi connectivity index (χ0v) is 18.3. The molecule has 5 rings (SSSR count). The Labute approximate surface area is 182 Å². The molecule has 1 fully saturated rings. The minimum absolute atomic E-state index is 0.0326. The Kier molecular flexibility index (Phi) is 5.36. The van der Waals surface area contributed by atoms with Crippen molar-refractivity contribution >= 4 is 5.95 Å². The van der Waals surface area contributed by atoms with Crippen LogP contribution in [-0.2, 0) is 19.5 Å². The zero-order chi connectivity index (χ0) is 21.4. The van der Waals surface area contributed by atoms with Crippen LogP contribution < -0.4 is 10.5 Å². The number of nitrogens with zero attached hydrogens (tertiary/aromatic N) is 5. The van der Waals surface area contributed by atoms with Gasteiger partial charge >= 0.3 is 0 Å². The van der Waals surface area contributed by atoms with Gasteiger partial charge in [0.05, 0.1) is 5.69 Å². The standard InChI is InChI=1S/C24H30N6O/c1-17-7-9-25-22(13-17)30-11-4-6-19(30)15-28-12-8-20-21(16-28)26-24(27-23(20)31)29-10-3-5-18(2)14-29/h4,6-7,9,11,13,18H,3,5,8,10,12,14-16H2,1-2H3,(H,26,27,31)/t18-/m1/s1. The smallest absolute Gasteiger partial charge is 0.255 e. The van der Waals surface area contributed by atoms with Crippen LogP contribution in [0, 0.1) is 12.8 Å². The molecule has 0 bridgehead atoms. The first-order valence-electron chi connectivity index (χ1n) is 11.3. The topological polar surface area (TPSA) is 70.1 Å². The molecule has 2 aliphatic rings. The molecule has 2 aliphatic heterocycles. The summed E-state index contributed by atoms with van der Waals surface area (Å²) in [7, 11) is 0. The molecule has 0 aliphatic carbocycles. The zero-order valence-electron chi connectivity index (χ0n) is 18.3. The minimum atomic E-state index is 0.0326. The lowest BCUT2D eigenvalue weighted by Gasteiger charge is -2.33. The third kappa shape index (κ3) is 4.14. The van der Waals surface area contributed by atoms with Gasteiger partial charge in [-0.3, -0.25) is 14.7 Å². The summed E-state index contributed by atoms with van der Waals surface area (Å²) in [5, 5.41) is 0. The highest BCUT2D eigenvalue weighted by molar-refractivity contribution is 5.35. The highest BCUT2D eigenvalue weighted by atomic mass is 16.1. The van der Waals surface area contributed by atoms with Crippen LogP contribution in [-0.4, -0.2) is 44.1 Å². The average Bonchev–Trinajstić information content (AvgIpc) is 3.21. The molecule has 7 heteroatoms. The second-order valence-electron chi connectivity index (χ2n) is 9.03. The molecule has 7 nitrogen and oxygen atoms in total. The Balaban J connectivity index is 1.37. The van der Waals surface area contributed by atoms with Gasteiger partial charge in [0.2, 0.25) is 5.95 Å². The van der Waals surface area contributed by atoms with E-state index in [2.05, 4.69) is 62.6 Å². The van der Waals surface area contributed by atoms with Gasteiger partial charge in [-0.1, -0.05) is 6.92 Å². The maximum Gasteiger partial charge on any atom is 0.255 e. The summed E-state index contributed by atoms with van der Waals surface area (Å²) in [6.45, 7) is 8.62. The lowest BCUT2D eigenvalue weighted by molar-refractivity contribution is 0.236. The lowest BCUT2D eigenvalue weighted by atomic mass is 10.0. The van der Waals surface area contributed by atoms with Gasteiger partial charge < -0.3 is 9.47 Å². The van der Waals surface area contributed by atoms with Gasteiger partial charge in [0.15, 0.2) is 0 Å². The van der Waals surface area contributed by atoms with Gasteiger partial charge in [0, 0.05) is 56.4 Å². The lowest BCUT2D eigenvalue weighted by Crippen LogP contribution is -2.39. The first-order chi connectivity index (χ1) is 15.1. The fourth-order valence-electron chi connectivity index (χ4n) is 4.80. The number of hydrogen-bond acceptors (Lipinski definition) is 5. The largest absolute Gasteiger partial charge is 0.342 e. The van der Waals surface area contributed by atoms with Crippen molar-refractivity contribution in [1.82, 2.24) is 24.4 Å². The van der Waals surface area contributed by atoms with E-state index >= 15 is 0 Å². The predicted octanol–water partition coefficient (Wildman–Crippen LogP) is 3.06. The second kappa shape index (κ2) is 8.30. The molecule has 0 aromatic carbocycles. The van der Waals surface area contributed by atoms with Crippen molar-refractivity contribution in [3.8, 4) is 5.82 Å². The van der Waals surface area contributed by atoms with Crippen molar-refractivity contribution in [2.75, 3.05) is 24.5 Å². The van der Waals surface area contributed by atoms with Gasteiger partial charge in [-0.05, 0) is 61.9 Å². The van der Waals surface area contributed by atoms with Crippen molar-refractivity contribution in [1.29, 1.82) is 0 Å². The van der Waals surface area contributed by atoms with Crippen molar-refractivity contribution in [2.45, 2.75) is 46.2 Å². The Hall–Kier alpha value is -2.93. The molecule has 1 atom stereocenters. The quantitative estimate of drug-likeness (QED) is 0.705. The predicted molar refractivity (Wildman–Crippen MR) is 122 cm³/mol. The first-order valence-corrected chi connectivity index (χ1v) is 11.3. The Morgan fingerprint density at radius 3 is 3.00 bits per heavy atom. The first kappa shape index (κ1) is 20.0. The molecule has 0 unspecified atom stereocenters. The molecular weight excluding hydrogens is 388 g/mol. The number of aryl methyl sites for hydroxylation is 1. The number of nitrogens with one attached hydrogen (secondary N) is 1. The molecule has 5 heterocycles. The van der Waals surface area contributed by atoms with E-state index in [-0.39, 0.29) is 5.56 Å². The molecule has 1 N–H and O–H groups in total. The number of pyridine rings is 1. The van der Waals surface area contributed by atoms with Crippen LogP contribution in [0.3, 0.4) is 0 Å². The molecule has 1 saturated heterocycles. The van der Waals surface area contributed by atoms with Gasteiger partial charge in [0.1, 0.15) is 5.82 Å². The molecular formula is C24H30N6O. The SMILES string of the molecule is Cc1ccnc(-n2cccc2CN2CCc3c(nc(N4CCC[C@@H](C)C4)[nH]c3=O)C2)c1. The molecule has 0 radical (unpaired) electrons. The molecule has 0 spiro atoms. The molecule has 0 saturated carbocycles. The van der Waals surface area contributed by atoms with Crippen LogP contribution in [0.1, 0.15) is 42.3 Å². The summed E-state index contributed by atoms with van der Waals surface area (Å²) < 4.78 is 2.15. The number of fused-ring (bicyclic) bond motifs is 1. The number of rotatable bonds is 4. The highest BCUT2D eigenvalue weighted by Gasteiger charge is 2.25. The van der Waals surface area contributed by atoms with E-state index in [0.29, 0.717) is 12.5 Å². The van der Waals surface area contributed by atoms with Crippen LogP contribution in [0.5, 0.6) is 0 Å². The molecule has 3 aromatic heterocycles. The van der Waals surface area contributed by atoms with E-state index in [0.717, 1.165) is 62.0 Å². The van der Waals surface area contributed by atoms with E-state index in [1.165, 1.54) is 17.7 Å². The van der Waals surface area contributed by atoms with E-state index in [1.807, 2.05) is 12.3 Å². The van der Waals surface area contributed by atoms with E-state index in [1.54, 1.807) is 0 Å². The van der Waals surface area contributed by atoms with Crippen LogP contribution in [0.2, 0.25) is 0 Å². The van der Waals surface area contributed by atoms with Gasteiger partial charge in [-0.2, -0.15) is 0 Å². The maximum atomic E-state index is 12.8. The third-order valence-electron chi connectivity index (χ3n) is 6.46. The van der Waals surface area contributed by atoms with Crippen LogP contribution in [0.25, 0.3) is 5.82 Å². The van der Waals surface area contributed by atoms with Crippen molar-refractivity contribution < 1.29 is 0 Å². The summed E-state index contributed by atoms with van der Waals surface area (Å²) >= 11 is 0. The number of aromatic amines is 1. The maximum absolute atomic E-state index is 12.8. The fraction of sp³-hybridized carbons (Fsp3) is 0.458. The summed E-state index contributed by atoms with van der Waals surface area (Å²) in [5.41, 5.74) is 4.19. The number of anilines is 1. The molecule has 162 valence electrons. The monoisotopic (exact) mass is 418 g/mol. The number of piperidine rings is 1. The fourth-order valence-corrected chi connectivity index (χ4v) is 4.80. The van der Waals surface area contributed by atoms with Crippen molar-refractivity contribution in [3.63, 3.8) is 0 Å². The van der Waals surface area contributed by atoms with E-state index in [9.17, 15) is 4.79 Å². The Morgan fingerprint density at radius 2 is 2.16 bits per heavy atom. The summed E-state index contributed by atoms with van der Waals surface area (Å²) in [6, 6.07) is 8.32. The van der Waals surface area contributed by atoms with Crippen LogP contribution in [0.4, 0.5) is 5.95 Å². The van der Waals surface area contributed by atoms with Crippen molar-refractivity contribution in [3.05, 3.63) is 69.5 Å². The van der Waals surface area contributed by atoms with Gasteiger partial charge in [0.25, 0.3) is 5.56 Å². The van der Waals surface area contributed by atoms with Crippen LogP contribution in [0.15, 0.2) is 41.5 Å². The average molecular weight is 419 g/mol. The summed E-state index contributed by atoms with van der Waals surface area (Å²) in [5.74, 6) is 2.31. The minimum Gasteiger partial charge on any atom is -0.342 e. The van der Waals surface area contributed by atoms with Gasteiger partial charge in [-0.15, -0.1) is 0 Å². The third-order valence-corrected chi connectivity index (χ3v) is 6.46. The summed E-state index contributed by atoms with van der Waals surface area (Å²) in [6.07, 6.45) is 7.04. The Bertz CT molecular complexity index is 1130. The summed E-state index contributed by atoms with van der Waals surface area (Å²) in [4.78, 5) is 29.9. The molecule has 0 amide bonds. The highest BCUT2D eigenvalue weighted by Crippen LogP contribution is 2.23. The van der Waals surface area contributed by atoms with E-state index < -0.39 is 0 Å². The molecule has 3 aromatic rings. The van der Waals surface area contributed by atoms with Crippen molar-refractivity contribution in [2.24, 2.45) is 5.92 Å². The van der Waals surface area contributed by atoms with E-state index in [4.69, 9.17) is 4.98 Å². The second-order valence-corrected chi connectivity index (χ2v) is 9.03. The number of aromatic nitrogens is 4.